The molecule has 1 aromatic heterocycles. The van der Waals surface area contributed by atoms with Gasteiger partial charge in [0.1, 0.15) is 11.4 Å². The maximum atomic E-state index is 11.7. The molecule has 0 atom stereocenters. The van der Waals surface area contributed by atoms with E-state index >= 15 is 0 Å². The lowest BCUT2D eigenvalue weighted by molar-refractivity contribution is -0.383. The number of hydrogen-bond acceptors (Lipinski definition) is 5. The number of carbonyl (C=O) groups is 2. The average Bonchev–Trinajstić information content (AvgIpc) is 2.98. The van der Waals surface area contributed by atoms with E-state index in [9.17, 15) is 19.7 Å². The highest BCUT2D eigenvalue weighted by atomic mass is 35.5. The number of H-pyrrole nitrogens is 1. The van der Waals surface area contributed by atoms with Gasteiger partial charge in [-0.1, -0.05) is 11.6 Å². The Morgan fingerprint density at radius 2 is 2.14 bits per heavy atom. The summed E-state index contributed by atoms with van der Waals surface area (Å²) in [4.78, 5) is 36.1. The zero-order valence-corrected chi connectivity index (χ0v) is 11.8. The van der Waals surface area contributed by atoms with Crippen LogP contribution in [0.3, 0.4) is 0 Å². The SMILES string of the molecule is O=C(COC(=O)c1ccc[nH]1)Nc1cc(Cl)ccc1[N+](=O)[O-]. The summed E-state index contributed by atoms with van der Waals surface area (Å²) < 4.78 is 4.77. The number of anilines is 1. The van der Waals surface area contributed by atoms with Crippen LogP contribution in [0.2, 0.25) is 5.02 Å². The Kier molecular flexibility index (Phi) is 4.74. The number of aromatic amines is 1. The molecular weight excluding hydrogens is 314 g/mol. The number of benzene rings is 1. The number of halogens is 1. The van der Waals surface area contributed by atoms with Gasteiger partial charge in [0.25, 0.3) is 11.6 Å². The van der Waals surface area contributed by atoms with Gasteiger partial charge in [-0.05, 0) is 24.3 Å². The molecule has 0 saturated carbocycles. The highest BCUT2D eigenvalue weighted by Gasteiger charge is 2.17. The van der Waals surface area contributed by atoms with Crippen LogP contribution < -0.4 is 5.32 Å². The zero-order chi connectivity index (χ0) is 16.1. The summed E-state index contributed by atoms with van der Waals surface area (Å²) in [6.07, 6.45) is 1.53. The second kappa shape index (κ2) is 6.72. The number of amides is 1. The number of esters is 1. The minimum atomic E-state index is -0.717. The van der Waals surface area contributed by atoms with Crippen LogP contribution in [0.1, 0.15) is 10.5 Å². The Morgan fingerprint density at radius 3 is 2.77 bits per heavy atom. The first-order valence-electron chi connectivity index (χ1n) is 6.01. The Morgan fingerprint density at radius 1 is 1.36 bits per heavy atom. The Hall–Kier alpha value is -2.87. The number of hydrogen-bond donors (Lipinski definition) is 2. The predicted octanol–water partition coefficient (Wildman–Crippen LogP) is 2.37. The van der Waals surface area contributed by atoms with Gasteiger partial charge < -0.3 is 15.0 Å². The molecule has 0 bridgehead atoms. The maximum absolute atomic E-state index is 11.7. The molecule has 1 heterocycles. The molecule has 0 unspecified atom stereocenters. The first-order chi connectivity index (χ1) is 10.5. The van der Waals surface area contributed by atoms with Crippen LogP contribution in [0, 0.1) is 10.1 Å². The molecule has 114 valence electrons. The van der Waals surface area contributed by atoms with Crippen LogP contribution >= 0.6 is 11.6 Å². The number of nitro benzene ring substituents is 1. The number of ether oxygens (including phenoxy) is 1. The van der Waals surface area contributed by atoms with Gasteiger partial charge in [0.2, 0.25) is 0 Å². The fraction of sp³-hybridized carbons (Fsp3) is 0.0769. The molecule has 1 aromatic carbocycles. The van der Waals surface area contributed by atoms with Crippen LogP contribution in [0.4, 0.5) is 11.4 Å². The first-order valence-corrected chi connectivity index (χ1v) is 6.39. The van der Waals surface area contributed by atoms with E-state index in [0.717, 1.165) is 0 Å². The monoisotopic (exact) mass is 323 g/mol. The molecule has 0 spiro atoms. The number of rotatable bonds is 5. The van der Waals surface area contributed by atoms with Gasteiger partial charge in [0, 0.05) is 17.3 Å². The molecule has 0 radical (unpaired) electrons. The summed E-state index contributed by atoms with van der Waals surface area (Å²) in [6.45, 7) is -0.582. The minimum absolute atomic E-state index is 0.0709. The summed E-state index contributed by atoms with van der Waals surface area (Å²) in [5.74, 6) is -1.42. The van der Waals surface area contributed by atoms with Crippen LogP contribution in [0.5, 0.6) is 0 Å². The third-order valence-corrected chi connectivity index (χ3v) is 2.82. The van der Waals surface area contributed by atoms with Crippen molar-refractivity contribution in [1.29, 1.82) is 0 Å². The highest BCUT2D eigenvalue weighted by molar-refractivity contribution is 6.31. The molecule has 2 rings (SSSR count). The molecule has 9 heteroatoms. The molecule has 0 aliphatic heterocycles. The second-order valence-corrected chi connectivity index (χ2v) is 4.56. The van der Waals surface area contributed by atoms with E-state index in [4.69, 9.17) is 16.3 Å². The van der Waals surface area contributed by atoms with E-state index < -0.39 is 23.4 Å². The van der Waals surface area contributed by atoms with Gasteiger partial charge in [-0.2, -0.15) is 0 Å². The van der Waals surface area contributed by atoms with Gasteiger partial charge in [0.15, 0.2) is 6.61 Å². The minimum Gasteiger partial charge on any atom is -0.451 e. The van der Waals surface area contributed by atoms with E-state index in [1.54, 1.807) is 6.07 Å². The summed E-state index contributed by atoms with van der Waals surface area (Å²) >= 11 is 5.74. The smallest absolute Gasteiger partial charge is 0.355 e. The van der Waals surface area contributed by atoms with Crippen molar-refractivity contribution in [3.8, 4) is 0 Å². The fourth-order valence-corrected chi connectivity index (χ4v) is 1.79. The molecule has 22 heavy (non-hydrogen) atoms. The normalized spacial score (nSPS) is 10.0. The van der Waals surface area contributed by atoms with Crippen molar-refractivity contribution in [3.63, 3.8) is 0 Å². The fourth-order valence-electron chi connectivity index (χ4n) is 1.62. The number of aromatic nitrogens is 1. The number of nitro groups is 1. The van der Waals surface area contributed by atoms with Crippen LogP contribution in [0.25, 0.3) is 0 Å². The predicted molar refractivity (Wildman–Crippen MR) is 77.8 cm³/mol. The van der Waals surface area contributed by atoms with Crippen molar-refractivity contribution in [2.45, 2.75) is 0 Å². The van der Waals surface area contributed by atoms with Crippen molar-refractivity contribution >= 4 is 34.9 Å². The van der Waals surface area contributed by atoms with Crippen LogP contribution in [-0.4, -0.2) is 28.4 Å². The third-order valence-electron chi connectivity index (χ3n) is 2.58. The van der Waals surface area contributed by atoms with Gasteiger partial charge in [-0.3, -0.25) is 14.9 Å². The van der Waals surface area contributed by atoms with E-state index in [2.05, 4.69) is 10.3 Å². The lowest BCUT2D eigenvalue weighted by Gasteiger charge is -2.07. The average molecular weight is 324 g/mol. The van der Waals surface area contributed by atoms with Crippen molar-refractivity contribution in [2.24, 2.45) is 0 Å². The standard InChI is InChI=1S/C13H10ClN3O5/c14-8-3-4-11(17(20)21)10(6-8)16-12(18)7-22-13(19)9-2-1-5-15-9/h1-6,15H,7H2,(H,16,18). The number of carbonyl (C=O) groups excluding carboxylic acids is 2. The van der Waals surface area contributed by atoms with Crippen molar-refractivity contribution in [2.75, 3.05) is 11.9 Å². The van der Waals surface area contributed by atoms with E-state index in [0.29, 0.717) is 0 Å². The van der Waals surface area contributed by atoms with Gasteiger partial charge >= 0.3 is 5.97 Å². The molecule has 2 aromatic rings. The molecule has 0 aliphatic carbocycles. The largest absolute Gasteiger partial charge is 0.451 e. The molecular formula is C13H10ClN3O5. The van der Waals surface area contributed by atoms with Gasteiger partial charge in [-0.25, -0.2) is 4.79 Å². The number of nitrogens with one attached hydrogen (secondary N) is 2. The van der Waals surface area contributed by atoms with Crippen molar-refractivity contribution in [1.82, 2.24) is 4.98 Å². The van der Waals surface area contributed by atoms with E-state index in [1.807, 2.05) is 0 Å². The van der Waals surface area contributed by atoms with Crippen molar-refractivity contribution < 1.29 is 19.2 Å². The molecule has 0 aliphatic rings. The summed E-state index contributed by atoms with van der Waals surface area (Å²) in [6, 6.07) is 6.84. The Bertz CT molecular complexity index is 714. The quantitative estimate of drug-likeness (QED) is 0.498. The Balaban J connectivity index is 1.99. The van der Waals surface area contributed by atoms with E-state index in [-0.39, 0.29) is 22.1 Å². The highest BCUT2D eigenvalue weighted by Crippen LogP contribution is 2.27. The first kappa shape index (κ1) is 15.5. The topological polar surface area (TPSA) is 114 Å². The third kappa shape index (κ3) is 3.83. The maximum Gasteiger partial charge on any atom is 0.355 e. The van der Waals surface area contributed by atoms with Crippen LogP contribution in [-0.2, 0) is 9.53 Å². The van der Waals surface area contributed by atoms with E-state index in [1.165, 1.54) is 30.5 Å². The Labute approximate surface area is 129 Å². The molecule has 0 saturated heterocycles. The van der Waals surface area contributed by atoms with Crippen LogP contribution in [0.15, 0.2) is 36.5 Å². The van der Waals surface area contributed by atoms with Crippen molar-refractivity contribution in [3.05, 3.63) is 57.4 Å². The summed E-state index contributed by atoms with van der Waals surface area (Å²) in [5.41, 5.74) is -0.187. The molecule has 0 fully saturated rings. The second-order valence-electron chi connectivity index (χ2n) is 4.13. The lowest BCUT2D eigenvalue weighted by Crippen LogP contribution is -2.21. The lowest BCUT2D eigenvalue weighted by atomic mass is 10.2. The number of nitrogens with zero attached hydrogens (tertiary/aromatic N) is 1. The van der Waals surface area contributed by atoms with Gasteiger partial charge in [-0.15, -0.1) is 0 Å². The van der Waals surface area contributed by atoms with Gasteiger partial charge in [0.05, 0.1) is 4.92 Å². The summed E-state index contributed by atoms with van der Waals surface area (Å²) in [5, 5.41) is 13.4. The molecule has 8 nitrogen and oxygen atoms in total. The molecule has 2 N–H and O–H groups in total. The summed E-state index contributed by atoms with van der Waals surface area (Å²) in [7, 11) is 0. The zero-order valence-electron chi connectivity index (χ0n) is 11.0. The molecule has 1 amide bonds.